The van der Waals surface area contributed by atoms with Gasteiger partial charge in [0.15, 0.2) is 0 Å². The summed E-state index contributed by atoms with van der Waals surface area (Å²) in [6.07, 6.45) is 3.42. The van der Waals surface area contributed by atoms with Crippen LogP contribution in [-0.4, -0.2) is 5.91 Å². The van der Waals surface area contributed by atoms with Gasteiger partial charge < -0.3 is 11.1 Å². The molecule has 1 amide bonds. The number of carbonyl (C=O) groups is 1. The van der Waals surface area contributed by atoms with Gasteiger partial charge in [-0.05, 0) is 60.7 Å². The highest BCUT2D eigenvalue weighted by Gasteiger charge is 2.13. The van der Waals surface area contributed by atoms with Gasteiger partial charge in [-0.1, -0.05) is 17.7 Å². The Morgan fingerprint density at radius 3 is 2.70 bits per heavy atom. The highest BCUT2D eigenvalue weighted by atomic mass is 35.5. The number of nitrogen functional groups attached to an aromatic ring is 1. The highest BCUT2D eigenvalue weighted by molar-refractivity contribution is 6.33. The molecule has 3 N–H and O–H groups in total. The zero-order valence-electron chi connectivity index (χ0n) is 10.9. The second-order valence-electron chi connectivity index (χ2n) is 5.03. The van der Waals surface area contributed by atoms with E-state index in [-0.39, 0.29) is 5.91 Å². The standard InChI is InChI=1S/C16H15ClN2O/c17-14-7-5-12(9-15(14)18)16(20)19-13-6-4-10-2-1-3-11(10)8-13/h4-9H,1-3,18H2,(H,19,20). The lowest BCUT2D eigenvalue weighted by Crippen LogP contribution is -2.12. The molecule has 0 atom stereocenters. The third-order valence-corrected chi connectivity index (χ3v) is 3.96. The zero-order chi connectivity index (χ0) is 14.1. The third-order valence-electron chi connectivity index (χ3n) is 3.61. The predicted octanol–water partition coefficient (Wildman–Crippen LogP) is 3.66. The van der Waals surface area contributed by atoms with Crippen molar-refractivity contribution in [2.75, 3.05) is 11.1 Å². The number of hydrogen-bond acceptors (Lipinski definition) is 2. The predicted molar refractivity (Wildman–Crippen MR) is 82.3 cm³/mol. The molecule has 3 nitrogen and oxygen atoms in total. The van der Waals surface area contributed by atoms with Crippen molar-refractivity contribution in [2.24, 2.45) is 0 Å². The molecule has 0 saturated heterocycles. The minimum Gasteiger partial charge on any atom is -0.398 e. The van der Waals surface area contributed by atoms with Gasteiger partial charge in [-0.15, -0.1) is 0 Å². The van der Waals surface area contributed by atoms with E-state index in [4.69, 9.17) is 17.3 Å². The number of nitrogens with two attached hydrogens (primary N) is 1. The van der Waals surface area contributed by atoms with E-state index in [1.807, 2.05) is 6.07 Å². The van der Waals surface area contributed by atoms with E-state index in [0.717, 1.165) is 18.5 Å². The lowest BCUT2D eigenvalue weighted by Gasteiger charge is -2.08. The molecule has 102 valence electrons. The van der Waals surface area contributed by atoms with Crippen molar-refractivity contribution < 1.29 is 4.79 Å². The molecule has 20 heavy (non-hydrogen) atoms. The van der Waals surface area contributed by atoms with Gasteiger partial charge in [0, 0.05) is 11.3 Å². The van der Waals surface area contributed by atoms with Gasteiger partial charge in [0.25, 0.3) is 5.91 Å². The fourth-order valence-corrected chi connectivity index (χ4v) is 2.66. The average molecular weight is 287 g/mol. The second kappa shape index (κ2) is 5.17. The molecular formula is C16H15ClN2O. The van der Waals surface area contributed by atoms with Crippen LogP contribution >= 0.6 is 11.6 Å². The van der Waals surface area contributed by atoms with Crippen LogP contribution in [0.1, 0.15) is 27.9 Å². The van der Waals surface area contributed by atoms with Gasteiger partial charge in [0.2, 0.25) is 0 Å². The van der Waals surface area contributed by atoms with Gasteiger partial charge in [0.05, 0.1) is 10.7 Å². The monoisotopic (exact) mass is 286 g/mol. The zero-order valence-corrected chi connectivity index (χ0v) is 11.7. The quantitative estimate of drug-likeness (QED) is 0.828. The van der Waals surface area contributed by atoms with Crippen LogP contribution in [0.5, 0.6) is 0 Å². The summed E-state index contributed by atoms with van der Waals surface area (Å²) in [5.74, 6) is -0.175. The largest absolute Gasteiger partial charge is 0.398 e. The van der Waals surface area contributed by atoms with E-state index in [0.29, 0.717) is 16.3 Å². The summed E-state index contributed by atoms with van der Waals surface area (Å²) in [4.78, 5) is 12.2. The molecular weight excluding hydrogens is 272 g/mol. The minimum absolute atomic E-state index is 0.175. The summed E-state index contributed by atoms with van der Waals surface area (Å²) in [6, 6.07) is 11.0. The first kappa shape index (κ1) is 13.0. The van der Waals surface area contributed by atoms with Crippen molar-refractivity contribution in [3.63, 3.8) is 0 Å². The van der Waals surface area contributed by atoms with Gasteiger partial charge >= 0.3 is 0 Å². The van der Waals surface area contributed by atoms with Crippen LogP contribution in [0.4, 0.5) is 11.4 Å². The Hall–Kier alpha value is -2.00. The normalized spacial score (nSPS) is 13.1. The molecule has 2 aromatic carbocycles. The van der Waals surface area contributed by atoms with Crippen LogP contribution in [-0.2, 0) is 12.8 Å². The number of amides is 1. The Kier molecular flexibility index (Phi) is 3.36. The number of hydrogen-bond donors (Lipinski definition) is 2. The molecule has 2 aromatic rings. The van der Waals surface area contributed by atoms with Crippen LogP contribution in [0.3, 0.4) is 0 Å². The summed E-state index contributed by atoms with van der Waals surface area (Å²) < 4.78 is 0. The van der Waals surface area contributed by atoms with E-state index in [9.17, 15) is 4.79 Å². The van der Waals surface area contributed by atoms with E-state index < -0.39 is 0 Å². The third kappa shape index (κ3) is 2.49. The number of benzene rings is 2. The minimum atomic E-state index is -0.175. The maximum Gasteiger partial charge on any atom is 0.255 e. The van der Waals surface area contributed by atoms with Crippen molar-refractivity contribution in [3.8, 4) is 0 Å². The van der Waals surface area contributed by atoms with Gasteiger partial charge in [-0.2, -0.15) is 0 Å². The van der Waals surface area contributed by atoms with Crippen molar-refractivity contribution in [2.45, 2.75) is 19.3 Å². The van der Waals surface area contributed by atoms with Crippen molar-refractivity contribution in [1.29, 1.82) is 0 Å². The Morgan fingerprint density at radius 1 is 1.10 bits per heavy atom. The van der Waals surface area contributed by atoms with Crippen LogP contribution in [0.2, 0.25) is 5.02 Å². The average Bonchev–Trinajstić information content (AvgIpc) is 2.89. The molecule has 4 heteroatoms. The molecule has 3 rings (SSSR count). The van der Waals surface area contributed by atoms with Gasteiger partial charge in [-0.25, -0.2) is 0 Å². The Labute approximate surface area is 122 Å². The summed E-state index contributed by atoms with van der Waals surface area (Å²) in [6.45, 7) is 0. The second-order valence-corrected chi connectivity index (χ2v) is 5.43. The van der Waals surface area contributed by atoms with Crippen LogP contribution in [0.15, 0.2) is 36.4 Å². The van der Waals surface area contributed by atoms with Crippen LogP contribution < -0.4 is 11.1 Å². The number of halogens is 1. The first-order chi connectivity index (χ1) is 9.63. The number of aryl methyl sites for hydroxylation is 2. The van der Waals surface area contributed by atoms with Crippen LogP contribution in [0.25, 0.3) is 0 Å². The fourth-order valence-electron chi connectivity index (χ4n) is 2.54. The lowest BCUT2D eigenvalue weighted by molar-refractivity contribution is 0.102. The topological polar surface area (TPSA) is 55.1 Å². The number of anilines is 2. The number of carbonyl (C=O) groups excluding carboxylic acids is 1. The van der Waals surface area contributed by atoms with E-state index in [1.54, 1.807) is 18.2 Å². The Bertz CT molecular complexity index is 682. The molecule has 0 unspecified atom stereocenters. The van der Waals surface area contributed by atoms with Crippen molar-refractivity contribution >= 4 is 28.9 Å². The molecule has 0 radical (unpaired) electrons. The smallest absolute Gasteiger partial charge is 0.255 e. The van der Waals surface area contributed by atoms with E-state index >= 15 is 0 Å². The molecule has 1 aliphatic rings. The van der Waals surface area contributed by atoms with E-state index in [2.05, 4.69) is 17.4 Å². The summed E-state index contributed by atoms with van der Waals surface area (Å²) in [5.41, 5.74) is 10.2. The van der Waals surface area contributed by atoms with Crippen molar-refractivity contribution in [1.82, 2.24) is 0 Å². The van der Waals surface area contributed by atoms with E-state index in [1.165, 1.54) is 17.5 Å². The maximum atomic E-state index is 12.2. The number of fused-ring (bicyclic) bond motifs is 1. The fraction of sp³-hybridized carbons (Fsp3) is 0.188. The van der Waals surface area contributed by atoms with Crippen molar-refractivity contribution in [3.05, 3.63) is 58.1 Å². The first-order valence-electron chi connectivity index (χ1n) is 6.61. The molecule has 0 spiro atoms. The highest BCUT2D eigenvalue weighted by Crippen LogP contribution is 2.25. The Morgan fingerprint density at radius 2 is 1.90 bits per heavy atom. The molecule has 0 heterocycles. The number of rotatable bonds is 2. The van der Waals surface area contributed by atoms with Crippen LogP contribution in [0, 0.1) is 0 Å². The maximum absolute atomic E-state index is 12.2. The van der Waals surface area contributed by atoms with Gasteiger partial charge in [0.1, 0.15) is 0 Å². The molecule has 0 bridgehead atoms. The molecule has 0 fully saturated rings. The molecule has 0 aromatic heterocycles. The first-order valence-corrected chi connectivity index (χ1v) is 6.99. The molecule has 0 aliphatic heterocycles. The molecule has 1 aliphatic carbocycles. The lowest BCUT2D eigenvalue weighted by atomic mass is 10.1. The summed E-state index contributed by atoms with van der Waals surface area (Å²) in [7, 11) is 0. The summed E-state index contributed by atoms with van der Waals surface area (Å²) >= 11 is 5.85. The Balaban J connectivity index is 1.80. The van der Waals surface area contributed by atoms with Gasteiger partial charge in [-0.3, -0.25) is 4.79 Å². The SMILES string of the molecule is Nc1cc(C(=O)Nc2ccc3c(c2)CCC3)ccc1Cl. The summed E-state index contributed by atoms with van der Waals surface area (Å²) in [5, 5.41) is 3.35. The number of nitrogens with one attached hydrogen (secondary N) is 1. The molecule has 0 saturated carbocycles.